The van der Waals surface area contributed by atoms with Gasteiger partial charge < -0.3 is 73.5 Å². The molecule has 0 saturated carbocycles. The van der Waals surface area contributed by atoms with Gasteiger partial charge in [0.15, 0.2) is 35.6 Å². The van der Waals surface area contributed by atoms with Crippen LogP contribution in [0.3, 0.4) is 0 Å². The van der Waals surface area contributed by atoms with Crippen LogP contribution in [0.15, 0.2) is 24.3 Å². The van der Waals surface area contributed by atoms with Gasteiger partial charge in [-0.1, -0.05) is 0 Å². The largest absolute Gasteiger partial charge is 0.493 e. The van der Waals surface area contributed by atoms with E-state index in [0.29, 0.717) is 28.2 Å². The maximum Gasteiger partial charge on any atom is 0.415 e. The van der Waals surface area contributed by atoms with E-state index in [0.717, 1.165) is 0 Å². The third-order valence-corrected chi connectivity index (χ3v) is 10.4. The third-order valence-electron chi connectivity index (χ3n) is 10.4. The first-order valence-corrected chi connectivity index (χ1v) is 17.7. The van der Waals surface area contributed by atoms with Crippen LogP contribution in [0.4, 0.5) is 4.79 Å². The summed E-state index contributed by atoms with van der Waals surface area (Å²) in [7, 11) is 4.54. The van der Waals surface area contributed by atoms with Crippen LogP contribution in [0.5, 0.6) is 23.0 Å². The Bertz CT molecular complexity index is 1720. The Kier molecular flexibility index (Phi) is 11.1. The Balaban J connectivity index is 1.21. The highest BCUT2D eigenvalue weighted by Gasteiger charge is 2.56. The van der Waals surface area contributed by atoms with E-state index in [2.05, 4.69) is 10.6 Å². The topological polar surface area (TPSA) is 222 Å². The molecule has 0 aromatic heterocycles. The van der Waals surface area contributed by atoms with Gasteiger partial charge in [-0.05, 0) is 54.9 Å². The second kappa shape index (κ2) is 15.8. The number of aliphatic hydroxyl groups excluding tert-OH is 3. The number of amides is 2. The van der Waals surface area contributed by atoms with Gasteiger partial charge in [0, 0.05) is 37.5 Å². The van der Waals surface area contributed by atoms with Gasteiger partial charge in [-0.3, -0.25) is 9.59 Å². The van der Waals surface area contributed by atoms with Crippen LogP contribution in [0.25, 0.3) is 0 Å². The van der Waals surface area contributed by atoms with Crippen LogP contribution in [0.2, 0.25) is 0 Å². The summed E-state index contributed by atoms with van der Waals surface area (Å²) in [6, 6.07) is 6.80. The zero-order valence-corrected chi connectivity index (χ0v) is 30.2. The molecule has 18 heteroatoms. The van der Waals surface area contributed by atoms with E-state index in [1.54, 1.807) is 38.2 Å². The molecule has 18 nitrogen and oxygen atoms in total. The second-order valence-electron chi connectivity index (χ2n) is 13.8. The zero-order valence-electron chi connectivity index (χ0n) is 30.2. The van der Waals surface area contributed by atoms with E-state index < -0.39 is 79.5 Å². The monoisotopic (exact) mass is 759 g/mol. The molecule has 7 rings (SSSR count). The highest BCUT2D eigenvalue weighted by atomic mass is 16.8. The summed E-state index contributed by atoms with van der Waals surface area (Å²) in [5, 5.41) is 38.2. The summed E-state index contributed by atoms with van der Waals surface area (Å²) in [5.74, 6) is -1.88. The van der Waals surface area contributed by atoms with Crippen LogP contribution >= 0.6 is 0 Å². The Morgan fingerprint density at radius 3 is 2.50 bits per heavy atom. The van der Waals surface area contributed by atoms with Crippen molar-refractivity contribution in [1.82, 2.24) is 15.5 Å². The second-order valence-corrected chi connectivity index (χ2v) is 13.8. The van der Waals surface area contributed by atoms with E-state index in [1.807, 2.05) is 0 Å². The maximum absolute atomic E-state index is 13.7. The molecule has 3 fully saturated rings. The minimum absolute atomic E-state index is 0.0151. The number of carbonyl (C=O) groups excluding carboxylic acids is 3. The number of carbonyl (C=O) groups is 3. The molecular weight excluding hydrogens is 714 g/mol. The predicted molar refractivity (Wildman–Crippen MR) is 182 cm³/mol. The average molecular weight is 760 g/mol. The molecule has 4 heterocycles. The number of nitrogens with one attached hydrogen (secondary N) is 2. The number of ether oxygens (including phenoxy) is 9. The molecule has 2 aromatic rings. The number of likely N-dealkylation sites (N-methyl/N-ethyl adjacent to an activating group) is 2. The zero-order chi connectivity index (χ0) is 38.3. The molecule has 54 heavy (non-hydrogen) atoms. The fraction of sp³-hybridized carbons (Fsp3) is 0.583. The summed E-state index contributed by atoms with van der Waals surface area (Å²) in [5.41, 5.74) is 1.97. The average Bonchev–Trinajstić information content (AvgIpc) is 3.79. The van der Waals surface area contributed by atoms with Crippen molar-refractivity contribution in [3.63, 3.8) is 0 Å². The lowest BCUT2D eigenvalue weighted by Gasteiger charge is -2.47. The third kappa shape index (κ3) is 7.15. The Hall–Kier alpha value is -4.27. The summed E-state index contributed by atoms with van der Waals surface area (Å²) >= 11 is 0. The van der Waals surface area contributed by atoms with Crippen molar-refractivity contribution in [3.05, 3.63) is 46.5 Å². The van der Waals surface area contributed by atoms with Crippen molar-refractivity contribution < 1.29 is 72.3 Å². The number of hydrogen-bond acceptors (Lipinski definition) is 16. The lowest BCUT2D eigenvalue weighted by atomic mass is 9.66. The normalized spacial score (nSPS) is 30.8. The van der Waals surface area contributed by atoms with Crippen molar-refractivity contribution >= 4 is 18.0 Å². The molecule has 0 bridgehead atoms. The Morgan fingerprint density at radius 2 is 1.78 bits per heavy atom. The predicted octanol–water partition coefficient (Wildman–Crippen LogP) is -0.117. The van der Waals surface area contributed by atoms with Gasteiger partial charge in [-0.15, -0.1) is 0 Å². The van der Waals surface area contributed by atoms with E-state index in [1.165, 1.54) is 19.1 Å². The standard InChI is InChI=1S/C36H45N3O15/c1-16-47-14-25-33(51-16)29(42)30(43)35(52-25)53-32-20-10-23-22(49-15-50-23)9-19(20)27(28-21(32)13-48-34(28)44)17-7-18(12-40)31(24(8-17)46-4)54-36(45)39(3)6-5-38-26(41)11-37-2/h7-10,16,21,25,27-30,32-33,35,37,40,42-43H,5-6,11-15H2,1-4H3,(H,38,41)/t16?,21-,25?,27+,28-,29?,30?,32+,33?,35?/m0/s1. The smallest absolute Gasteiger partial charge is 0.415 e. The van der Waals surface area contributed by atoms with E-state index in [4.69, 9.17) is 42.6 Å². The molecule has 6 unspecified atom stereocenters. The number of rotatable bonds is 11. The van der Waals surface area contributed by atoms with Gasteiger partial charge in [0.2, 0.25) is 12.7 Å². The summed E-state index contributed by atoms with van der Waals surface area (Å²) in [6.07, 6.45) is -7.95. The van der Waals surface area contributed by atoms with Gasteiger partial charge >= 0.3 is 12.1 Å². The Morgan fingerprint density at radius 1 is 1.02 bits per heavy atom. The molecule has 294 valence electrons. The van der Waals surface area contributed by atoms with Gasteiger partial charge in [0.25, 0.3) is 0 Å². The fourth-order valence-electron chi connectivity index (χ4n) is 7.73. The summed E-state index contributed by atoms with van der Waals surface area (Å²) in [4.78, 5) is 39.9. The SMILES string of the molecule is CNCC(=O)NCCN(C)C(=O)Oc1c(CO)cc([C@@H]2c3cc4c(cc3[C@@H](OC3OC5COC(C)OC5C(O)C3O)[C@H]3COC(=O)[C@H]23)OCO4)cc1OC. The molecule has 1 aliphatic carbocycles. The number of aliphatic hydroxyl groups is 3. The van der Waals surface area contributed by atoms with Gasteiger partial charge in [0.1, 0.15) is 24.4 Å². The molecule has 5 aliphatic rings. The molecule has 10 atom stereocenters. The fourth-order valence-corrected chi connectivity index (χ4v) is 7.73. The molecule has 5 N–H and O–H groups in total. The van der Waals surface area contributed by atoms with Gasteiger partial charge in [0.05, 0.1) is 45.5 Å². The van der Waals surface area contributed by atoms with E-state index >= 15 is 0 Å². The molecular formula is C36H45N3O15. The molecule has 0 spiro atoms. The number of methoxy groups -OCH3 is 1. The summed E-state index contributed by atoms with van der Waals surface area (Å²) < 4.78 is 52.4. The number of esters is 1. The summed E-state index contributed by atoms with van der Waals surface area (Å²) in [6.45, 7) is 1.66. The molecule has 2 aromatic carbocycles. The number of benzene rings is 2. The van der Waals surface area contributed by atoms with Crippen molar-refractivity contribution in [2.24, 2.45) is 11.8 Å². The highest BCUT2D eigenvalue weighted by Crippen LogP contribution is 2.56. The lowest BCUT2D eigenvalue weighted by Crippen LogP contribution is -2.63. The molecule has 4 aliphatic heterocycles. The van der Waals surface area contributed by atoms with Gasteiger partial charge in [-0.2, -0.15) is 0 Å². The van der Waals surface area contributed by atoms with Crippen LogP contribution < -0.4 is 29.6 Å². The minimum Gasteiger partial charge on any atom is -0.493 e. The minimum atomic E-state index is -1.49. The van der Waals surface area contributed by atoms with E-state index in [-0.39, 0.29) is 62.6 Å². The van der Waals surface area contributed by atoms with Crippen molar-refractivity contribution in [2.45, 2.75) is 62.5 Å². The van der Waals surface area contributed by atoms with Crippen LogP contribution in [0, 0.1) is 11.8 Å². The first kappa shape index (κ1) is 38.0. The van der Waals surface area contributed by atoms with Crippen LogP contribution in [0.1, 0.15) is 41.2 Å². The van der Waals surface area contributed by atoms with Crippen LogP contribution in [-0.4, -0.2) is 136 Å². The van der Waals surface area contributed by atoms with Crippen molar-refractivity contribution in [2.75, 3.05) is 60.8 Å². The number of nitrogens with zero attached hydrogens (tertiary/aromatic N) is 1. The highest BCUT2D eigenvalue weighted by molar-refractivity contribution is 5.79. The first-order chi connectivity index (χ1) is 26.0. The van der Waals surface area contributed by atoms with Crippen LogP contribution in [-0.2, 0) is 39.9 Å². The molecule has 3 saturated heterocycles. The quantitative estimate of drug-likeness (QED) is 0.189. The van der Waals surface area contributed by atoms with E-state index in [9.17, 15) is 29.7 Å². The molecule has 2 amide bonds. The lowest BCUT2D eigenvalue weighted by molar-refractivity contribution is -0.364. The van der Waals surface area contributed by atoms with Crippen molar-refractivity contribution in [3.8, 4) is 23.0 Å². The van der Waals surface area contributed by atoms with Gasteiger partial charge in [-0.25, -0.2) is 4.79 Å². The Labute approximate surface area is 310 Å². The number of hydrogen-bond donors (Lipinski definition) is 5. The number of cyclic esters (lactones) is 1. The number of fused-ring (bicyclic) bond motifs is 4. The first-order valence-electron chi connectivity index (χ1n) is 17.7. The van der Waals surface area contributed by atoms with Crippen molar-refractivity contribution in [1.29, 1.82) is 0 Å². The maximum atomic E-state index is 13.7. The molecule has 0 radical (unpaired) electrons.